The second-order valence-corrected chi connectivity index (χ2v) is 11.4. The van der Waals surface area contributed by atoms with Crippen LogP contribution in [0.4, 0.5) is 17.2 Å². The van der Waals surface area contributed by atoms with Crippen LogP contribution in [0.2, 0.25) is 0 Å². The molecule has 1 aromatic heterocycles. The van der Waals surface area contributed by atoms with Crippen LogP contribution in [0, 0.1) is 5.92 Å². The fraction of sp³-hybridized carbons (Fsp3) is 0.450. The molecule has 2 N–H and O–H groups in total. The average Bonchev–Trinajstić information content (AvgIpc) is 3.45. The highest BCUT2D eigenvalue weighted by Gasteiger charge is 2.32. The molecule has 2 fully saturated rings. The summed E-state index contributed by atoms with van der Waals surface area (Å²) in [6.07, 6.45) is 2.69. The molecule has 28 heavy (non-hydrogen) atoms. The molecule has 2 aromatic rings. The van der Waals surface area contributed by atoms with E-state index in [1.807, 2.05) is 0 Å². The van der Waals surface area contributed by atoms with Crippen LogP contribution in [0.15, 0.2) is 36.4 Å². The van der Waals surface area contributed by atoms with E-state index in [1.54, 1.807) is 12.1 Å². The number of rotatable bonds is 4. The maximum Gasteiger partial charge on any atom is 0.164 e. The molecule has 8 heteroatoms. The Balaban J connectivity index is 1.39. The third-order valence-electron chi connectivity index (χ3n) is 5.65. The summed E-state index contributed by atoms with van der Waals surface area (Å²) in [4.78, 5) is 7.19. The van der Waals surface area contributed by atoms with Crippen molar-refractivity contribution in [3.05, 3.63) is 36.4 Å². The topological polar surface area (TPSA) is 63.1 Å². The lowest BCUT2D eigenvalue weighted by atomic mass is 10.1. The van der Waals surface area contributed by atoms with Gasteiger partial charge in [-0.3, -0.25) is 17.7 Å². The van der Waals surface area contributed by atoms with Crippen molar-refractivity contribution in [2.45, 2.75) is 12.8 Å². The van der Waals surface area contributed by atoms with Crippen molar-refractivity contribution in [3.8, 4) is 11.3 Å². The van der Waals surface area contributed by atoms with Gasteiger partial charge in [0.25, 0.3) is 0 Å². The molecule has 0 atom stereocenters. The Morgan fingerprint density at radius 1 is 1.14 bits per heavy atom. The van der Waals surface area contributed by atoms with Gasteiger partial charge in [-0.1, -0.05) is 12.1 Å². The molecule has 1 saturated heterocycles. The zero-order chi connectivity index (χ0) is 19.3. The van der Waals surface area contributed by atoms with Crippen LogP contribution in [0.3, 0.4) is 0 Å². The summed E-state index contributed by atoms with van der Waals surface area (Å²) in [5.41, 5.74) is 4.40. The summed E-state index contributed by atoms with van der Waals surface area (Å²) in [6, 6.07) is 12.7. The van der Waals surface area contributed by atoms with Crippen molar-refractivity contribution in [1.29, 1.82) is 0 Å². The summed E-state index contributed by atoms with van der Waals surface area (Å²) < 4.78 is 24.2. The quantitative estimate of drug-likeness (QED) is 0.706. The van der Waals surface area contributed by atoms with Gasteiger partial charge in [0, 0.05) is 37.9 Å². The Hall–Kier alpha value is -1.61. The van der Waals surface area contributed by atoms with E-state index < -0.39 is 10.6 Å². The van der Waals surface area contributed by atoms with Crippen LogP contribution in [-0.2, 0) is 0 Å². The minimum Gasteiger partial charge on any atom is -0.368 e. The zero-order valence-corrected chi connectivity index (χ0v) is 17.6. The molecule has 0 amide bonds. The van der Waals surface area contributed by atoms with Gasteiger partial charge in [0.15, 0.2) is 5.82 Å². The standard InChI is InChI=1S/C20H26N4O2S2/c1-22-20-19(24(27-22)14-15-5-6-15)8-7-18(21-20)16-3-2-4-17(13-16)23-9-11-28(25,26)12-10-23/h2-4,7-8,13,15,25-26H,5-6,9-12,14H2,1H3. The van der Waals surface area contributed by atoms with Crippen LogP contribution in [0.1, 0.15) is 12.8 Å². The largest absolute Gasteiger partial charge is 0.368 e. The Morgan fingerprint density at radius 2 is 1.93 bits per heavy atom. The molecule has 0 unspecified atom stereocenters. The van der Waals surface area contributed by atoms with Crippen molar-refractivity contribution < 1.29 is 9.11 Å². The number of aromatic nitrogens is 1. The van der Waals surface area contributed by atoms with Crippen molar-refractivity contribution >= 4 is 39.9 Å². The molecule has 3 aliphatic rings. The molecule has 2 aliphatic heterocycles. The molecule has 1 saturated carbocycles. The molecule has 150 valence electrons. The van der Waals surface area contributed by atoms with Gasteiger partial charge < -0.3 is 4.90 Å². The highest BCUT2D eigenvalue weighted by molar-refractivity contribution is 8.24. The van der Waals surface area contributed by atoms with Crippen molar-refractivity contribution in [2.24, 2.45) is 5.92 Å². The summed E-state index contributed by atoms with van der Waals surface area (Å²) in [7, 11) is -0.296. The second kappa shape index (κ2) is 7.02. The number of anilines is 3. The second-order valence-electron chi connectivity index (χ2n) is 7.87. The number of hydrogen-bond donors (Lipinski definition) is 2. The Kier molecular flexibility index (Phi) is 4.62. The maximum atomic E-state index is 9.86. The Morgan fingerprint density at radius 3 is 2.68 bits per heavy atom. The third kappa shape index (κ3) is 3.66. The van der Waals surface area contributed by atoms with Crippen LogP contribution < -0.4 is 13.5 Å². The zero-order valence-electron chi connectivity index (χ0n) is 16.0. The highest BCUT2D eigenvalue weighted by Crippen LogP contribution is 2.46. The highest BCUT2D eigenvalue weighted by atomic mass is 32.3. The van der Waals surface area contributed by atoms with Crippen LogP contribution in [0.5, 0.6) is 0 Å². The number of fused-ring (bicyclic) bond motifs is 1. The predicted molar refractivity (Wildman–Crippen MR) is 121 cm³/mol. The average molecular weight is 419 g/mol. The third-order valence-corrected chi connectivity index (χ3v) is 8.28. The van der Waals surface area contributed by atoms with Gasteiger partial charge in [0.05, 0.1) is 35.0 Å². The minimum absolute atomic E-state index is 0.452. The molecule has 0 bridgehead atoms. The molecule has 6 nitrogen and oxygen atoms in total. The van der Waals surface area contributed by atoms with E-state index >= 15 is 0 Å². The summed E-state index contributed by atoms with van der Waals surface area (Å²) in [6.45, 7) is 2.46. The van der Waals surface area contributed by atoms with Gasteiger partial charge >= 0.3 is 0 Å². The van der Waals surface area contributed by atoms with Crippen molar-refractivity contribution in [3.63, 3.8) is 0 Å². The summed E-state index contributed by atoms with van der Waals surface area (Å²) in [5, 5.41) is 0. The Labute approximate surface area is 172 Å². The van der Waals surface area contributed by atoms with E-state index in [0.717, 1.165) is 35.2 Å². The van der Waals surface area contributed by atoms with Gasteiger partial charge in [-0.2, -0.15) is 10.6 Å². The molecule has 3 heterocycles. The van der Waals surface area contributed by atoms with Crippen LogP contribution in [0.25, 0.3) is 11.3 Å². The molecule has 1 aliphatic carbocycles. The smallest absolute Gasteiger partial charge is 0.164 e. The fourth-order valence-corrected chi connectivity index (χ4v) is 6.02. The number of pyridine rings is 1. The number of benzene rings is 1. The van der Waals surface area contributed by atoms with E-state index in [9.17, 15) is 9.11 Å². The fourth-order valence-electron chi connectivity index (χ4n) is 3.77. The van der Waals surface area contributed by atoms with Gasteiger partial charge in [-0.05, 0) is 43.0 Å². The van der Waals surface area contributed by atoms with Crippen LogP contribution >= 0.6 is 22.7 Å². The SMILES string of the molecule is CN1SN(CC2CC2)c2ccc(-c3cccc(N4CCS(O)(O)CC4)c3)nc21. The number of hydrogen-bond acceptors (Lipinski definition) is 7. The Bertz CT molecular complexity index is 880. The normalized spacial score (nSPS) is 22.3. The van der Waals surface area contributed by atoms with E-state index in [2.05, 4.69) is 57.0 Å². The molecular weight excluding hydrogens is 392 g/mol. The lowest BCUT2D eigenvalue weighted by Gasteiger charge is -2.42. The van der Waals surface area contributed by atoms with Gasteiger partial charge in [-0.15, -0.1) is 0 Å². The van der Waals surface area contributed by atoms with Gasteiger partial charge in [-0.25, -0.2) is 4.98 Å². The van der Waals surface area contributed by atoms with E-state index in [1.165, 1.54) is 18.5 Å². The van der Waals surface area contributed by atoms with E-state index in [-0.39, 0.29) is 0 Å². The van der Waals surface area contributed by atoms with Crippen molar-refractivity contribution in [1.82, 2.24) is 4.98 Å². The van der Waals surface area contributed by atoms with Gasteiger partial charge in [0.1, 0.15) is 0 Å². The van der Waals surface area contributed by atoms with Gasteiger partial charge in [0.2, 0.25) is 0 Å². The summed E-state index contributed by atoms with van der Waals surface area (Å²) in [5.74, 6) is 2.77. The minimum atomic E-state index is -2.38. The monoisotopic (exact) mass is 418 g/mol. The molecular formula is C20H26N4O2S2. The summed E-state index contributed by atoms with van der Waals surface area (Å²) >= 11 is 1.74. The lowest BCUT2D eigenvalue weighted by Crippen LogP contribution is -2.38. The van der Waals surface area contributed by atoms with E-state index in [4.69, 9.17) is 4.98 Å². The first-order valence-electron chi connectivity index (χ1n) is 9.78. The predicted octanol–water partition coefficient (Wildman–Crippen LogP) is 4.55. The molecule has 1 aromatic carbocycles. The first kappa shape index (κ1) is 18.4. The maximum absolute atomic E-state index is 9.86. The molecule has 0 spiro atoms. The lowest BCUT2D eigenvalue weighted by molar-refractivity contribution is 0.479. The van der Waals surface area contributed by atoms with Crippen molar-refractivity contribution in [2.75, 3.05) is 51.7 Å². The van der Waals surface area contributed by atoms with Crippen LogP contribution in [-0.4, -0.2) is 52.3 Å². The molecule has 5 rings (SSSR count). The molecule has 0 radical (unpaired) electrons. The first-order chi connectivity index (χ1) is 13.5. The van der Waals surface area contributed by atoms with E-state index in [0.29, 0.717) is 24.6 Å². The number of nitrogens with zero attached hydrogens (tertiary/aromatic N) is 4. The first-order valence-corrected chi connectivity index (χ1v) is 12.4.